The van der Waals surface area contributed by atoms with Crippen LogP contribution in [0.3, 0.4) is 0 Å². The zero-order valence-corrected chi connectivity index (χ0v) is 7.76. The van der Waals surface area contributed by atoms with Gasteiger partial charge in [-0.2, -0.15) is 12.7 Å². The fourth-order valence-electron chi connectivity index (χ4n) is 1.50. The number of nitrogens with zero attached hydrogens (tertiary/aromatic N) is 1. The van der Waals surface area contributed by atoms with Crippen LogP contribution in [0.1, 0.15) is 12.8 Å². The molecule has 1 aliphatic heterocycles. The van der Waals surface area contributed by atoms with E-state index in [1.54, 1.807) is 0 Å². The van der Waals surface area contributed by atoms with Gasteiger partial charge < -0.3 is 5.73 Å². The summed E-state index contributed by atoms with van der Waals surface area (Å²) in [5, 5.41) is 4.97. The third-order valence-corrected chi connectivity index (χ3v) is 3.23. The molecule has 1 atom stereocenters. The van der Waals surface area contributed by atoms with Gasteiger partial charge in [-0.05, 0) is 25.3 Å². The maximum atomic E-state index is 10.9. The van der Waals surface area contributed by atoms with Crippen LogP contribution in [-0.2, 0) is 10.2 Å². The molecule has 0 aromatic heterocycles. The molecular weight excluding hydrogens is 178 g/mol. The van der Waals surface area contributed by atoms with E-state index in [9.17, 15) is 8.42 Å². The predicted molar refractivity (Wildman–Crippen MR) is 46.5 cm³/mol. The Kier molecular flexibility index (Phi) is 3.05. The Balaban J connectivity index is 2.46. The first-order chi connectivity index (χ1) is 5.54. The Bertz CT molecular complexity index is 239. The van der Waals surface area contributed by atoms with Crippen molar-refractivity contribution in [3.05, 3.63) is 0 Å². The van der Waals surface area contributed by atoms with Gasteiger partial charge in [0.05, 0.1) is 0 Å². The van der Waals surface area contributed by atoms with E-state index < -0.39 is 10.2 Å². The Morgan fingerprint density at radius 1 is 1.50 bits per heavy atom. The third kappa shape index (κ3) is 2.41. The number of hydrogen-bond acceptors (Lipinski definition) is 3. The third-order valence-electron chi connectivity index (χ3n) is 2.18. The highest BCUT2D eigenvalue weighted by molar-refractivity contribution is 7.86. The molecule has 0 saturated carbocycles. The van der Waals surface area contributed by atoms with E-state index in [1.807, 2.05) is 0 Å². The average Bonchev–Trinajstić information content (AvgIpc) is 2.35. The minimum absolute atomic E-state index is 0.397. The standard InChI is InChI=1S/C6H15N3O2S/c7-3-1-6-2-4-9(5-6)12(8,10)11/h6H,1-5,7H2,(H2,8,10,11). The van der Waals surface area contributed by atoms with Crippen LogP contribution in [0, 0.1) is 5.92 Å². The fraction of sp³-hybridized carbons (Fsp3) is 1.00. The summed E-state index contributed by atoms with van der Waals surface area (Å²) in [5.74, 6) is 0.397. The maximum Gasteiger partial charge on any atom is 0.276 e. The van der Waals surface area contributed by atoms with Crippen LogP contribution in [0.25, 0.3) is 0 Å². The lowest BCUT2D eigenvalue weighted by molar-refractivity contribution is 0.449. The molecule has 1 rings (SSSR count). The summed E-state index contributed by atoms with van der Waals surface area (Å²) in [6.07, 6.45) is 1.76. The summed E-state index contributed by atoms with van der Waals surface area (Å²) >= 11 is 0. The van der Waals surface area contributed by atoms with E-state index in [0.717, 1.165) is 12.8 Å². The first-order valence-electron chi connectivity index (χ1n) is 4.02. The monoisotopic (exact) mass is 193 g/mol. The molecule has 12 heavy (non-hydrogen) atoms. The molecule has 72 valence electrons. The van der Waals surface area contributed by atoms with Gasteiger partial charge in [-0.1, -0.05) is 0 Å². The zero-order chi connectivity index (χ0) is 9.19. The molecule has 0 aromatic rings. The van der Waals surface area contributed by atoms with Crippen molar-refractivity contribution in [3.63, 3.8) is 0 Å². The first kappa shape index (κ1) is 9.91. The van der Waals surface area contributed by atoms with Gasteiger partial charge in [0.2, 0.25) is 0 Å². The molecule has 1 heterocycles. The molecule has 1 fully saturated rings. The fourth-order valence-corrected chi connectivity index (χ4v) is 2.28. The van der Waals surface area contributed by atoms with E-state index in [4.69, 9.17) is 10.9 Å². The minimum atomic E-state index is -3.46. The lowest BCUT2D eigenvalue weighted by Crippen LogP contribution is -2.34. The molecule has 5 nitrogen and oxygen atoms in total. The van der Waals surface area contributed by atoms with Crippen LogP contribution < -0.4 is 10.9 Å². The average molecular weight is 193 g/mol. The van der Waals surface area contributed by atoms with Crippen LogP contribution >= 0.6 is 0 Å². The van der Waals surface area contributed by atoms with Gasteiger partial charge in [-0.15, -0.1) is 0 Å². The summed E-state index contributed by atoms with van der Waals surface area (Å²) in [7, 11) is -3.46. The second-order valence-electron chi connectivity index (χ2n) is 3.14. The number of hydrogen-bond donors (Lipinski definition) is 2. The van der Waals surface area contributed by atoms with Gasteiger partial charge in [-0.25, -0.2) is 5.14 Å². The topological polar surface area (TPSA) is 89.4 Å². The van der Waals surface area contributed by atoms with Crippen LogP contribution in [0.2, 0.25) is 0 Å². The van der Waals surface area contributed by atoms with Gasteiger partial charge in [0, 0.05) is 13.1 Å². The van der Waals surface area contributed by atoms with Crippen molar-refractivity contribution < 1.29 is 8.42 Å². The van der Waals surface area contributed by atoms with Gasteiger partial charge >= 0.3 is 0 Å². The molecule has 6 heteroatoms. The highest BCUT2D eigenvalue weighted by atomic mass is 32.2. The normalized spacial score (nSPS) is 26.3. The van der Waals surface area contributed by atoms with Crippen molar-refractivity contribution in [2.24, 2.45) is 16.8 Å². The zero-order valence-electron chi connectivity index (χ0n) is 6.94. The van der Waals surface area contributed by atoms with Gasteiger partial charge in [0.1, 0.15) is 0 Å². The van der Waals surface area contributed by atoms with Crippen LogP contribution in [0.5, 0.6) is 0 Å². The van der Waals surface area contributed by atoms with Crippen molar-refractivity contribution in [1.82, 2.24) is 4.31 Å². The number of nitrogens with two attached hydrogens (primary N) is 2. The Labute approximate surface area is 72.9 Å². The van der Waals surface area contributed by atoms with Gasteiger partial charge in [0.15, 0.2) is 0 Å². The Hall–Kier alpha value is -0.170. The molecule has 1 unspecified atom stereocenters. The second-order valence-corrected chi connectivity index (χ2v) is 4.68. The summed E-state index contributed by atoms with van der Waals surface area (Å²) in [6.45, 7) is 1.70. The molecule has 0 amide bonds. The van der Waals surface area contributed by atoms with Crippen molar-refractivity contribution in [2.45, 2.75) is 12.8 Å². The van der Waals surface area contributed by atoms with Gasteiger partial charge in [-0.3, -0.25) is 0 Å². The quantitative estimate of drug-likeness (QED) is 0.593. The van der Waals surface area contributed by atoms with Crippen molar-refractivity contribution in [1.29, 1.82) is 0 Å². The lowest BCUT2D eigenvalue weighted by atomic mass is 10.1. The van der Waals surface area contributed by atoms with E-state index in [1.165, 1.54) is 4.31 Å². The molecule has 1 saturated heterocycles. The second kappa shape index (κ2) is 3.69. The molecule has 4 N–H and O–H groups in total. The van der Waals surface area contributed by atoms with E-state index in [-0.39, 0.29) is 0 Å². The maximum absolute atomic E-state index is 10.9. The van der Waals surface area contributed by atoms with Crippen LogP contribution in [0.15, 0.2) is 0 Å². The summed E-state index contributed by atoms with van der Waals surface area (Å²) in [6, 6.07) is 0. The minimum Gasteiger partial charge on any atom is -0.330 e. The summed E-state index contributed by atoms with van der Waals surface area (Å²) in [5.41, 5.74) is 5.36. The molecule has 0 bridgehead atoms. The van der Waals surface area contributed by atoms with E-state index in [2.05, 4.69) is 0 Å². The largest absolute Gasteiger partial charge is 0.330 e. The summed E-state index contributed by atoms with van der Waals surface area (Å²) in [4.78, 5) is 0. The van der Waals surface area contributed by atoms with E-state index >= 15 is 0 Å². The molecule has 0 aliphatic carbocycles. The first-order valence-corrected chi connectivity index (χ1v) is 5.52. The molecular formula is C6H15N3O2S. The van der Waals surface area contributed by atoms with E-state index in [0.29, 0.717) is 25.6 Å². The predicted octanol–water partition coefficient (Wildman–Crippen LogP) is -1.14. The SMILES string of the molecule is NCCC1CCN(S(N)(=O)=O)C1. The van der Waals surface area contributed by atoms with Crippen molar-refractivity contribution in [3.8, 4) is 0 Å². The molecule has 0 spiro atoms. The molecule has 0 aromatic carbocycles. The smallest absolute Gasteiger partial charge is 0.276 e. The van der Waals surface area contributed by atoms with Crippen molar-refractivity contribution in [2.75, 3.05) is 19.6 Å². The highest BCUT2D eigenvalue weighted by Crippen LogP contribution is 2.19. The van der Waals surface area contributed by atoms with Gasteiger partial charge in [0.25, 0.3) is 10.2 Å². The van der Waals surface area contributed by atoms with Crippen LogP contribution in [0.4, 0.5) is 0 Å². The molecule has 0 radical (unpaired) electrons. The van der Waals surface area contributed by atoms with Crippen molar-refractivity contribution >= 4 is 10.2 Å². The molecule has 1 aliphatic rings. The lowest BCUT2D eigenvalue weighted by Gasteiger charge is -2.11. The van der Waals surface area contributed by atoms with Crippen LogP contribution in [-0.4, -0.2) is 32.4 Å². The Morgan fingerprint density at radius 3 is 2.58 bits per heavy atom. The highest BCUT2D eigenvalue weighted by Gasteiger charge is 2.28. The Morgan fingerprint density at radius 2 is 2.17 bits per heavy atom. The number of rotatable bonds is 3. The summed E-state index contributed by atoms with van der Waals surface area (Å²) < 4.78 is 23.0.